The van der Waals surface area contributed by atoms with Gasteiger partial charge in [0.25, 0.3) is 0 Å². The number of aryl methyl sites for hydroxylation is 1. The first-order valence-electron chi connectivity index (χ1n) is 9.30. The van der Waals surface area contributed by atoms with Crippen LogP contribution in [0.25, 0.3) is 0 Å². The number of rotatable bonds is 8. The Labute approximate surface area is 169 Å². The van der Waals surface area contributed by atoms with Gasteiger partial charge in [-0.1, -0.05) is 41.4 Å². The lowest BCUT2D eigenvalue weighted by Gasteiger charge is -2.17. The molecule has 0 saturated heterocycles. The number of halogens is 1. The second-order valence-corrected chi connectivity index (χ2v) is 7.67. The van der Waals surface area contributed by atoms with Crippen LogP contribution in [0.2, 0.25) is 5.02 Å². The lowest BCUT2D eigenvalue weighted by atomic mass is 10.0. The molecule has 1 aliphatic carbocycles. The smallest absolute Gasteiger partial charge is 0.224 e. The van der Waals surface area contributed by atoms with Crippen molar-refractivity contribution in [3.05, 3.63) is 52.3 Å². The van der Waals surface area contributed by atoms with Gasteiger partial charge in [0.1, 0.15) is 0 Å². The summed E-state index contributed by atoms with van der Waals surface area (Å²) < 4.78 is 0. The lowest BCUT2D eigenvalue weighted by Crippen LogP contribution is -2.32. The first-order valence-corrected chi connectivity index (χ1v) is 9.68. The van der Waals surface area contributed by atoms with Crippen molar-refractivity contribution >= 4 is 23.5 Å². The van der Waals surface area contributed by atoms with E-state index in [2.05, 4.69) is 20.6 Å². The fourth-order valence-corrected chi connectivity index (χ4v) is 3.39. The van der Waals surface area contributed by atoms with Gasteiger partial charge in [0.15, 0.2) is 0 Å². The Kier molecular flexibility index (Phi) is 6.49. The number of hydrogen-bond acceptors (Lipinski definition) is 6. The molecule has 1 aromatic carbocycles. The number of carbonyl (C=O) groups is 1. The minimum absolute atomic E-state index is 0.0444. The molecule has 3 unspecified atom stereocenters. The van der Waals surface area contributed by atoms with Crippen LogP contribution >= 0.6 is 11.6 Å². The molecule has 4 atom stereocenters. The van der Waals surface area contributed by atoms with E-state index in [1.54, 1.807) is 0 Å². The molecule has 2 aromatic rings. The number of nitrogens with one attached hydrogen (secondary N) is 2. The Balaban J connectivity index is 1.67. The molecule has 1 aromatic heterocycles. The van der Waals surface area contributed by atoms with Crippen molar-refractivity contribution < 1.29 is 15.0 Å². The molecule has 0 aliphatic heterocycles. The third kappa shape index (κ3) is 4.79. The maximum absolute atomic E-state index is 12.7. The van der Waals surface area contributed by atoms with Crippen LogP contribution in [-0.4, -0.2) is 45.3 Å². The molecule has 4 N–H and O–H groups in total. The van der Waals surface area contributed by atoms with Crippen molar-refractivity contribution in [2.75, 3.05) is 18.5 Å². The number of carbonyl (C=O) groups excluding carboxylic acids is 1. The molecule has 0 radical (unpaired) electrons. The van der Waals surface area contributed by atoms with Gasteiger partial charge in [0, 0.05) is 17.9 Å². The number of anilines is 1. The maximum atomic E-state index is 12.7. The van der Waals surface area contributed by atoms with Gasteiger partial charge in [-0.2, -0.15) is 0 Å². The summed E-state index contributed by atoms with van der Waals surface area (Å²) in [6, 6.07) is 7.08. The summed E-state index contributed by atoms with van der Waals surface area (Å²) in [6.07, 6.45) is 2.15. The van der Waals surface area contributed by atoms with Gasteiger partial charge >= 0.3 is 0 Å². The highest BCUT2D eigenvalue weighted by Gasteiger charge is 2.46. The molecular weight excluding hydrogens is 380 g/mol. The van der Waals surface area contributed by atoms with E-state index in [-0.39, 0.29) is 37.0 Å². The molecule has 150 valence electrons. The maximum Gasteiger partial charge on any atom is 0.224 e. The van der Waals surface area contributed by atoms with Gasteiger partial charge in [0.05, 0.1) is 36.2 Å². The molecule has 1 amide bonds. The van der Waals surface area contributed by atoms with E-state index in [0.29, 0.717) is 23.1 Å². The van der Waals surface area contributed by atoms with E-state index >= 15 is 0 Å². The molecule has 8 heteroatoms. The zero-order chi connectivity index (χ0) is 20.3. The molecule has 0 bridgehead atoms. The van der Waals surface area contributed by atoms with Crippen molar-refractivity contribution in [1.82, 2.24) is 15.3 Å². The number of nitrogens with zero attached hydrogens (tertiary/aromatic N) is 2. The summed E-state index contributed by atoms with van der Waals surface area (Å²) in [7, 11) is 0. The predicted molar refractivity (Wildman–Crippen MR) is 107 cm³/mol. The summed E-state index contributed by atoms with van der Waals surface area (Å²) in [6.45, 7) is 3.56. The Morgan fingerprint density at radius 2 is 2.14 bits per heavy atom. The third-order valence-corrected chi connectivity index (χ3v) is 5.13. The molecule has 28 heavy (non-hydrogen) atoms. The Morgan fingerprint density at radius 1 is 1.36 bits per heavy atom. The Bertz CT molecular complexity index is 848. The van der Waals surface area contributed by atoms with Crippen LogP contribution in [-0.2, 0) is 4.79 Å². The normalized spacial score (nSPS) is 20.3. The average molecular weight is 405 g/mol. The van der Waals surface area contributed by atoms with Crippen molar-refractivity contribution in [3.8, 4) is 0 Å². The number of amides is 1. The molecule has 7 nitrogen and oxygen atoms in total. The van der Waals surface area contributed by atoms with Crippen LogP contribution in [0.1, 0.15) is 42.1 Å². The molecular formula is C20H25ClN4O3. The van der Waals surface area contributed by atoms with E-state index in [9.17, 15) is 9.90 Å². The first-order chi connectivity index (χ1) is 13.4. The Hall–Kier alpha value is -2.22. The van der Waals surface area contributed by atoms with Crippen LogP contribution in [0.5, 0.6) is 0 Å². The summed E-state index contributed by atoms with van der Waals surface area (Å²) >= 11 is 6.24. The van der Waals surface area contributed by atoms with E-state index in [0.717, 1.165) is 11.1 Å². The highest BCUT2D eigenvalue weighted by Crippen LogP contribution is 2.49. The zero-order valence-electron chi connectivity index (χ0n) is 15.9. The second kappa shape index (κ2) is 8.86. The molecule has 3 rings (SSSR count). The van der Waals surface area contributed by atoms with Gasteiger partial charge < -0.3 is 20.8 Å². The zero-order valence-corrected chi connectivity index (χ0v) is 16.6. The molecule has 0 spiro atoms. The van der Waals surface area contributed by atoms with Gasteiger partial charge in [-0.15, -0.1) is 0 Å². The van der Waals surface area contributed by atoms with Crippen molar-refractivity contribution in [2.45, 2.75) is 38.3 Å². The van der Waals surface area contributed by atoms with Crippen molar-refractivity contribution in [1.29, 1.82) is 0 Å². The molecule has 1 aliphatic rings. The quantitative estimate of drug-likeness (QED) is 0.537. The topological polar surface area (TPSA) is 107 Å². The van der Waals surface area contributed by atoms with E-state index in [1.165, 1.54) is 6.20 Å². The van der Waals surface area contributed by atoms with Crippen LogP contribution in [0.15, 0.2) is 30.5 Å². The summed E-state index contributed by atoms with van der Waals surface area (Å²) in [5, 5.41) is 25.2. The highest BCUT2D eigenvalue weighted by atomic mass is 35.5. The van der Waals surface area contributed by atoms with Gasteiger partial charge in [0.2, 0.25) is 11.9 Å². The second-order valence-electron chi connectivity index (χ2n) is 7.26. The standard InChI is InChI=1S/C20H25ClN4O3/c1-11-4-3-5-13(6-11)17(10-27)24-19(28)15-7-14(15)18-16(21)8-22-20(25-18)23-12(2)9-26/h3-6,8,12,14-15,17,26-27H,7,9-10H2,1-2H3,(H,24,28)(H,22,23,25)/t12?,14?,15?,17-/m1/s1. The molecule has 1 saturated carbocycles. The average Bonchev–Trinajstić information content (AvgIpc) is 3.48. The Morgan fingerprint density at radius 3 is 2.82 bits per heavy atom. The van der Waals surface area contributed by atoms with Crippen LogP contribution in [0.4, 0.5) is 5.95 Å². The number of benzene rings is 1. The van der Waals surface area contributed by atoms with E-state index < -0.39 is 6.04 Å². The number of hydrogen-bond donors (Lipinski definition) is 4. The lowest BCUT2D eigenvalue weighted by molar-refractivity contribution is -0.123. The SMILES string of the molecule is Cc1cccc([C@@H](CO)NC(=O)C2CC2c2nc(NC(C)CO)ncc2Cl)c1. The monoisotopic (exact) mass is 404 g/mol. The van der Waals surface area contributed by atoms with Gasteiger partial charge in [-0.25, -0.2) is 9.97 Å². The summed E-state index contributed by atoms with van der Waals surface area (Å²) in [5.74, 6) is -0.0785. The highest BCUT2D eigenvalue weighted by molar-refractivity contribution is 6.31. The van der Waals surface area contributed by atoms with Crippen molar-refractivity contribution in [2.24, 2.45) is 5.92 Å². The largest absolute Gasteiger partial charge is 0.394 e. The number of aliphatic hydroxyl groups is 2. The summed E-state index contributed by atoms with van der Waals surface area (Å²) in [5.41, 5.74) is 2.57. The third-order valence-electron chi connectivity index (χ3n) is 4.84. The van der Waals surface area contributed by atoms with Crippen molar-refractivity contribution in [3.63, 3.8) is 0 Å². The van der Waals surface area contributed by atoms with Crippen LogP contribution < -0.4 is 10.6 Å². The molecule has 1 fully saturated rings. The number of aliphatic hydroxyl groups excluding tert-OH is 2. The van der Waals surface area contributed by atoms with E-state index in [4.69, 9.17) is 16.7 Å². The van der Waals surface area contributed by atoms with Crippen LogP contribution in [0, 0.1) is 12.8 Å². The molecule has 1 heterocycles. The number of aromatic nitrogens is 2. The van der Waals surface area contributed by atoms with Gasteiger partial charge in [-0.3, -0.25) is 4.79 Å². The van der Waals surface area contributed by atoms with Gasteiger partial charge in [-0.05, 0) is 25.8 Å². The minimum atomic E-state index is -0.447. The fourth-order valence-electron chi connectivity index (χ4n) is 3.16. The minimum Gasteiger partial charge on any atom is -0.394 e. The summed E-state index contributed by atoms with van der Waals surface area (Å²) in [4.78, 5) is 21.2. The predicted octanol–water partition coefficient (Wildman–Crippen LogP) is 2.18. The fraction of sp³-hybridized carbons (Fsp3) is 0.450. The van der Waals surface area contributed by atoms with Crippen LogP contribution in [0.3, 0.4) is 0 Å². The first kappa shape index (κ1) is 20.5. The van der Waals surface area contributed by atoms with E-state index in [1.807, 2.05) is 38.1 Å².